The number of amides is 1. The van der Waals surface area contributed by atoms with E-state index < -0.39 is 5.91 Å². The van der Waals surface area contributed by atoms with Crippen LogP contribution in [0.15, 0.2) is 47.4 Å². The van der Waals surface area contributed by atoms with Crippen molar-refractivity contribution >= 4 is 16.8 Å². The zero-order chi connectivity index (χ0) is 23.2. The number of aromatic amines is 1. The Labute approximate surface area is 184 Å². The second-order valence-corrected chi connectivity index (χ2v) is 7.95. The Morgan fingerprint density at radius 3 is 2.44 bits per heavy atom. The fourth-order valence-corrected chi connectivity index (χ4v) is 3.95. The summed E-state index contributed by atoms with van der Waals surface area (Å²) in [6, 6.07) is 10.3. The molecule has 32 heavy (non-hydrogen) atoms. The lowest BCUT2D eigenvalue weighted by Gasteiger charge is -2.17. The summed E-state index contributed by atoms with van der Waals surface area (Å²) in [5, 5.41) is 0.576. The zero-order valence-electron chi connectivity index (χ0n) is 18.4. The molecular formula is C25H24FN3O3. The van der Waals surface area contributed by atoms with Crippen LogP contribution in [-0.4, -0.2) is 15.5 Å². The van der Waals surface area contributed by atoms with Gasteiger partial charge in [-0.15, -0.1) is 0 Å². The number of carbonyl (C=O) groups is 1. The van der Waals surface area contributed by atoms with Crippen molar-refractivity contribution in [2.45, 2.75) is 27.2 Å². The Morgan fingerprint density at radius 2 is 1.81 bits per heavy atom. The lowest BCUT2D eigenvalue weighted by Crippen LogP contribution is -2.17. The minimum atomic E-state index is -0.648. The van der Waals surface area contributed by atoms with Crippen LogP contribution in [-0.2, 0) is 13.5 Å². The summed E-state index contributed by atoms with van der Waals surface area (Å²) < 4.78 is 21.5. The highest BCUT2D eigenvalue weighted by Gasteiger charge is 2.19. The van der Waals surface area contributed by atoms with E-state index in [1.807, 2.05) is 25.1 Å². The van der Waals surface area contributed by atoms with Crippen LogP contribution in [0, 0.1) is 19.7 Å². The van der Waals surface area contributed by atoms with Crippen molar-refractivity contribution in [1.29, 1.82) is 0 Å². The fraction of sp³-hybridized carbons (Fsp3) is 0.200. The molecule has 0 aliphatic rings. The van der Waals surface area contributed by atoms with Crippen LogP contribution in [0.25, 0.3) is 22.0 Å². The number of pyridine rings is 1. The van der Waals surface area contributed by atoms with E-state index in [9.17, 15) is 14.0 Å². The van der Waals surface area contributed by atoms with E-state index in [0.717, 1.165) is 17.5 Å². The Morgan fingerprint density at radius 1 is 1.12 bits per heavy atom. The van der Waals surface area contributed by atoms with Gasteiger partial charge in [-0.3, -0.25) is 9.59 Å². The van der Waals surface area contributed by atoms with Gasteiger partial charge in [-0.1, -0.05) is 13.0 Å². The smallest absolute Gasteiger partial charge is 0.274 e. The SMILES string of the molecule is CCc1ccc(Oc2c(C)cc(F)cc2C)c(-c2cn(C)c(=O)c3[nH]c(C(N)=O)cc23)c1. The van der Waals surface area contributed by atoms with Gasteiger partial charge in [0, 0.05) is 29.8 Å². The van der Waals surface area contributed by atoms with Crippen LogP contribution in [0.2, 0.25) is 0 Å². The number of primary amides is 1. The molecule has 2 heterocycles. The maximum atomic E-state index is 13.8. The quantitative estimate of drug-likeness (QED) is 0.476. The minimum absolute atomic E-state index is 0.156. The molecule has 0 atom stereocenters. The highest BCUT2D eigenvalue weighted by atomic mass is 19.1. The molecule has 0 saturated heterocycles. The molecule has 2 aromatic heterocycles. The van der Waals surface area contributed by atoms with Gasteiger partial charge in [0.2, 0.25) is 0 Å². The van der Waals surface area contributed by atoms with Gasteiger partial charge in [-0.25, -0.2) is 4.39 Å². The van der Waals surface area contributed by atoms with Gasteiger partial charge in [0.1, 0.15) is 28.5 Å². The molecule has 6 nitrogen and oxygen atoms in total. The van der Waals surface area contributed by atoms with E-state index in [1.165, 1.54) is 16.7 Å². The van der Waals surface area contributed by atoms with Gasteiger partial charge >= 0.3 is 0 Å². The summed E-state index contributed by atoms with van der Waals surface area (Å²) in [4.78, 5) is 27.3. The average molecular weight is 433 g/mol. The number of nitrogens with one attached hydrogen (secondary N) is 1. The van der Waals surface area contributed by atoms with Gasteiger partial charge in [-0.2, -0.15) is 0 Å². The van der Waals surface area contributed by atoms with Gasteiger partial charge in [0.05, 0.1) is 0 Å². The van der Waals surface area contributed by atoms with Crippen molar-refractivity contribution in [2.75, 3.05) is 0 Å². The third-order valence-corrected chi connectivity index (χ3v) is 5.61. The molecule has 0 aliphatic heterocycles. The summed E-state index contributed by atoms with van der Waals surface area (Å²) in [6.07, 6.45) is 2.52. The number of halogens is 1. The first-order valence-corrected chi connectivity index (χ1v) is 10.3. The number of nitrogens with zero attached hydrogens (tertiary/aromatic N) is 1. The molecule has 0 bridgehead atoms. The molecule has 4 aromatic rings. The Balaban J connectivity index is 1.99. The van der Waals surface area contributed by atoms with Gasteiger partial charge < -0.3 is 20.0 Å². The van der Waals surface area contributed by atoms with E-state index in [0.29, 0.717) is 39.1 Å². The molecule has 2 aromatic carbocycles. The van der Waals surface area contributed by atoms with Gasteiger partial charge in [-0.05, 0) is 67.3 Å². The molecule has 0 fully saturated rings. The predicted molar refractivity (Wildman–Crippen MR) is 123 cm³/mol. The van der Waals surface area contributed by atoms with E-state index in [-0.39, 0.29) is 17.1 Å². The van der Waals surface area contributed by atoms with E-state index in [2.05, 4.69) is 4.98 Å². The lowest BCUT2D eigenvalue weighted by molar-refractivity contribution is 0.0996. The number of fused-ring (bicyclic) bond motifs is 1. The molecule has 0 spiro atoms. The highest BCUT2D eigenvalue weighted by molar-refractivity contribution is 6.02. The number of nitrogens with two attached hydrogens (primary N) is 1. The fourth-order valence-electron chi connectivity index (χ4n) is 3.95. The van der Waals surface area contributed by atoms with Crippen LogP contribution in [0.4, 0.5) is 4.39 Å². The Bertz CT molecular complexity index is 1410. The van der Waals surface area contributed by atoms with Gasteiger partial charge in [0.25, 0.3) is 11.5 Å². The molecule has 7 heteroatoms. The maximum Gasteiger partial charge on any atom is 0.274 e. The summed E-state index contributed by atoms with van der Waals surface area (Å²) in [7, 11) is 1.65. The number of carbonyl (C=O) groups excluding carboxylic acids is 1. The van der Waals surface area contributed by atoms with Crippen molar-refractivity contribution in [3.63, 3.8) is 0 Å². The second kappa shape index (κ2) is 8.00. The molecule has 0 aliphatic carbocycles. The van der Waals surface area contributed by atoms with Crippen molar-refractivity contribution in [3.8, 4) is 22.6 Å². The second-order valence-electron chi connectivity index (χ2n) is 7.95. The summed E-state index contributed by atoms with van der Waals surface area (Å²) in [6.45, 7) is 5.63. The highest BCUT2D eigenvalue weighted by Crippen LogP contribution is 2.39. The number of hydrogen-bond acceptors (Lipinski definition) is 3. The van der Waals surface area contributed by atoms with Gasteiger partial charge in [0.15, 0.2) is 0 Å². The summed E-state index contributed by atoms with van der Waals surface area (Å²) in [5.41, 5.74) is 9.52. The predicted octanol–water partition coefficient (Wildman–Crippen LogP) is 4.74. The van der Waals surface area contributed by atoms with Crippen LogP contribution >= 0.6 is 0 Å². The number of aromatic nitrogens is 2. The molecule has 0 saturated carbocycles. The van der Waals surface area contributed by atoms with Crippen molar-refractivity contribution in [1.82, 2.24) is 9.55 Å². The average Bonchev–Trinajstić information content (AvgIpc) is 3.19. The van der Waals surface area contributed by atoms with E-state index >= 15 is 0 Å². The molecule has 3 N–H and O–H groups in total. The largest absolute Gasteiger partial charge is 0.456 e. The van der Waals surface area contributed by atoms with Crippen molar-refractivity contribution in [2.24, 2.45) is 12.8 Å². The first-order chi connectivity index (χ1) is 15.2. The monoisotopic (exact) mass is 433 g/mol. The molecule has 4 rings (SSSR count). The number of benzene rings is 2. The normalized spacial score (nSPS) is 11.2. The third kappa shape index (κ3) is 3.66. The number of aryl methyl sites for hydroxylation is 4. The molecule has 1 amide bonds. The molecule has 164 valence electrons. The molecule has 0 unspecified atom stereocenters. The van der Waals surface area contributed by atoms with Crippen molar-refractivity contribution < 1.29 is 13.9 Å². The minimum Gasteiger partial charge on any atom is -0.456 e. The summed E-state index contributed by atoms with van der Waals surface area (Å²) in [5.74, 6) is 0.164. The zero-order valence-corrected chi connectivity index (χ0v) is 18.4. The first-order valence-electron chi connectivity index (χ1n) is 10.3. The van der Waals surface area contributed by atoms with Crippen molar-refractivity contribution in [3.05, 3.63) is 81.2 Å². The first kappa shape index (κ1) is 21.4. The number of ether oxygens (including phenoxy) is 1. The maximum absolute atomic E-state index is 13.8. The third-order valence-electron chi connectivity index (χ3n) is 5.61. The Hall–Kier alpha value is -3.87. The van der Waals surface area contributed by atoms with Crippen LogP contribution in [0.1, 0.15) is 34.1 Å². The van der Waals surface area contributed by atoms with E-state index in [4.69, 9.17) is 10.5 Å². The van der Waals surface area contributed by atoms with E-state index in [1.54, 1.807) is 33.2 Å². The number of H-pyrrole nitrogens is 1. The molecular weight excluding hydrogens is 409 g/mol. The van der Waals surface area contributed by atoms with Crippen LogP contribution < -0.4 is 16.0 Å². The lowest BCUT2D eigenvalue weighted by atomic mass is 9.99. The standard InChI is InChI=1S/C25H24FN3O3/c1-5-15-6-7-21(32-23-13(2)8-16(26)9-14(23)3)17(10-15)19-12-29(4)25(31)22-18(19)11-20(28-22)24(27)30/h6-12,28H,5H2,1-4H3,(H2,27,30). The Kier molecular flexibility index (Phi) is 5.34. The van der Waals surface area contributed by atoms with Crippen LogP contribution in [0.5, 0.6) is 11.5 Å². The number of rotatable bonds is 5. The van der Waals surface area contributed by atoms with Crippen LogP contribution in [0.3, 0.4) is 0 Å². The molecule has 0 radical (unpaired) electrons. The topological polar surface area (TPSA) is 90.1 Å². The summed E-state index contributed by atoms with van der Waals surface area (Å²) >= 11 is 0. The number of hydrogen-bond donors (Lipinski definition) is 2.